The van der Waals surface area contributed by atoms with Gasteiger partial charge in [0.25, 0.3) is 5.69 Å². The first kappa shape index (κ1) is 13.5. The summed E-state index contributed by atoms with van der Waals surface area (Å²) in [7, 11) is 1.64. The number of non-ortho nitro benzene ring substituents is 1. The van der Waals surface area contributed by atoms with Gasteiger partial charge in [0.05, 0.1) is 4.92 Å². The molecule has 104 valence electrons. The van der Waals surface area contributed by atoms with Gasteiger partial charge >= 0.3 is 5.82 Å². The molecule has 0 saturated heterocycles. The number of nitro benzene ring substituents is 1. The molecule has 1 aromatic carbocycles. The number of nitrogens with one attached hydrogen (secondary N) is 1. The van der Waals surface area contributed by atoms with Crippen LogP contribution < -0.4 is 5.32 Å². The average molecular weight is 277 g/mol. The molecule has 0 aliphatic rings. The minimum absolute atomic E-state index is 0.000244. The third-order valence-electron chi connectivity index (χ3n) is 2.70. The van der Waals surface area contributed by atoms with Crippen molar-refractivity contribution in [3.8, 4) is 0 Å². The van der Waals surface area contributed by atoms with E-state index >= 15 is 0 Å². The van der Waals surface area contributed by atoms with Gasteiger partial charge in [-0.05, 0) is 15.5 Å². The van der Waals surface area contributed by atoms with E-state index in [9.17, 15) is 20.2 Å². The molecule has 0 unspecified atom stereocenters. The van der Waals surface area contributed by atoms with Crippen molar-refractivity contribution >= 4 is 17.3 Å². The van der Waals surface area contributed by atoms with Gasteiger partial charge in [0.15, 0.2) is 0 Å². The highest BCUT2D eigenvalue weighted by Crippen LogP contribution is 2.22. The maximum atomic E-state index is 10.8. The first-order valence-electron chi connectivity index (χ1n) is 5.62. The van der Waals surface area contributed by atoms with Gasteiger partial charge in [0.1, 0.15) is 0 Å². The van der Waals surface area contributed by atoms with Crippen molar-refractivity contribution in [2.75, 3.05) is 5.32 Å². The van der Waals surface area contributed by atoms with Crippen molar-refractivity contribution in [2.45, 2.75) is 6.54 Å². The Hall–Kier alpha value is -2.97. The number of anilines is 1. The van der Waals surface area contributed by atoms with E-state index in [1.54, 1.807) is 19.2 Å². The zero-order valence-corrected chi connectivity index (χ0v) is 10.5. The summed E-state index contributed by atoms with van der Waals surface area (Å²) < 4.78 is 1.50. The Morgan fingerprint density at radius 1 is 1.20 bits per heavy atom. The van der Waals surface area contributed by atoms with Gasteiger partial charge in [-0.15, -0.1) is 0 Å². The molecule has 0 bridgehead atoms. The van der Waals surface area contributed by atoms with E-state index < -0.39 is 9.85 Å². The lowest BCUT2D eigenvalue weighted by molar-refractivity contribution is -0.388. The van der Waals surface area contributed by atoms with Crippen molar-refractivity contribution in [1.82, 2.24) is 9.55 Å². The maximum absolute atomic E-state index is 10.8. The first-order chi connectivity index (χ1) is 9.49. The summed E-state index contributed by atoms with van der Waals surface area (Å²) in [6.45, 7) is 0.304. The molecule has 0 radical (unpaired) electrons. The summed E-state index contributed by atoms with van der Waals surface area (Å²) in [6.07, 6.45) is 1.34. The maximum Gasteiger partial charge on any atom is 0.406 e. The Labute approximate surface area is 113 Å². The van der Waals surface area contributed by atoms with Crippen LogP contribution in [0.15, 0.2) is 30.6 Å². The number of benzene rings is 1. The summed E-state index contributed by atoms with van der Waals surface area (Å²) in [4.78, 5) is 23.9. The lowest BCUT2D eigenvalue weighted by atomic mass is 10.2. The van der Waals surface area contributed by atoms with Crippen molar-refractivity contribution in [3.63, 3.8) is 0 Å². The van der Waals surface area contributed by atoms with Crippen molar-refractivity contribution in [1.29, 1.82) is 0 Å². The van der Waals surface area contributed by atoms with Gasteiger partial charge in [-0.1, -0.05) is 12.1 Å². The summed E-state index contributed by atoms with van der Waals surface area (Å²) in [5.41, 5.74) is 0.770. The predicted molar refractivity (Wildman–Crippen MR) is 70.3 cm³/mol. The zero-order chi connectivity index (χ0) is 14.7. The number of hydrogen-bond acceptors (Lipinski definition) is 6. The summed E-state index contributed by atoms with van der Waals surface area (Å²) in [5.74, 6) is 0.0303. The van der Waals surface area contributed by atoms with Crippen LogP contribution in [0.2, 0.25) is 0 Å². The lowest BCUT2D eigenvalue weighted by Crippen LogP contribution is -2.05. The van der Waals surface area contributed by atoms with Crippen LogP contribution in [-0.2, 0) is 13.6 Å². The highest BCUT2D eigenvalue weighted by Gasteiger charge is 2.19. The molecule has 0 fully saturated rings. The second-order valence-electron chi connectivity index (χ2n) is 4.06. The van der Waals surface area contributed by atoms with Crippen LogP contribution in [0, 0.1) is 20.2 Å². The standard InChI is InChI=1S/C11H11N5O4/c1-14-7-13-11(16(19)20)10(14)12-6-8-2-4-9(5-3-8)15(17)18/h2-5,7,12H,6H2,1H3. The highest BCUT2D eigenvalue weighted by molar-refractivity contribution is 5.52. The number of hydrogen-bond donors (Lipinski definition) is 1. The number of nitrogens with zero attached hydrogens (tertiary/aromatic N) is 4. The molecule has 1 heterocycles. The molecule has 9 heteroatoms. The molecular weight excluding hydrogens is 266 g/mol. The fourth-order valence-electron chi connectivity index (χ4n) is 1.68. The van der Waals surface area contributed by atoms with E-state index in [0.29, 0.717) is 6.54 Å². The summed E-state index contributed by atoms with van der Waals surface area (Å²) in [5, 5.41) is 24.2. The smallest absolute Gasteiger partial charge is 0.360 e. The normalized spacial score (nSPS) is 10.2. The Morgan fingerprint density at radius 2 is 1.85 bits per heavy atom. The van der Waals surface area contributed by atoms with Gasteiger partial charge in [0, 0.05) is 25.7 Å². The van der Waals surface area contributed by atoms with Crippen molar-refractivity contribution < 1.29 is 9.85 Å². The van der Waals surface area contributed by atoms with E-state index in [0.717, 1.165) is 5.56 Å². The van der Waals surface area contributed by atoms with Gasteiger partial charge in [-0.25, -0.2) is 0 Å². The predicted octanol–water partition coefficient (Wildman–Crippen LogP) is 1.85. The van der Waals surface area contributed by atoms with E-state index in [4.69, 9.17) is 0 Å². The monoisotopic (exact) mass is 277 g/mol. The fraction of sp³-hybridized carbons (Fsp3) is 0.182. The SMILES string of the molecule is Cn1cnc([N+](=O)[O-])c1NCc1ccc([N+](=O)[O-])cc1. The topological polar surface area (TPSA) is 116 Å². The van der Waals surface area contributed by atoms with Crippen molar-refractivity contribution in [3.05, 3.63) is 56.4 Å². The minimum Gasteiger partial charge on any atom is -0.360 e. The number of imidazole rings is 1. The molecule has 20 heavy (non-hydrogen) atoms. The van der Waals surface area contributed by atoms with Gasteiger partial charge in [-0.3, -0.25) is 14.7 Å². The summed E-state index contributed by atoms with van der Waals surface area (Å²) in [6, 6.07) is 5.95. The zero-order valence-electron chi connectivity index (χ0n) is 10.5. The van der Waals surface area contributed by atoms with E-state index in [1.165, 1.54) is 23.0 Å². The average Bonchev–Trinajstić information content (AvgIpc) is 2.78. The van der Waals surface area contributed by atoms with Crippen LogP contribution >= 0.6 is 0 Å². The molecule has 2 aromatic rings. The Balaban J connectivity index is 2.11. The number of rotatable bonds is 5. The molecular formula is C11H11N5O4. The summed E-state index contributed by atoms with van der Waals surface area (Å²) >= 11 is 0. The molecule has 1 aromatic heterocycles. The van der Waals surface area contributed by atoms with Crippen LogP contribution in [0.1, 0.15) is 5.56 Å². The quantitative estimate of drug-likeness (QED) is 0.658. The second-order valence-corrected chi connectivity index (χ2v) is 4.06. The fourth-order valence-corrected chi connectivity index (χ4v) is 1.68. The molecule has 0 aliphatic carbocycles. The van der Waals surface area contributed by atoms with Gasteiger partial charge in [0.2, 0.25) is 12.1 Å². The van der Waals surface area contributed by atoms with E-state index in [2.05, 4.69) is 10.3 Å². The molecule has 0 saturated carbocycles. The van der Waals surface area contributed by atoms with Crippen LogP contribution in [0.5, 0.6) is 0 Å². The molecule has 9 nitrogen and oxygen atoms in total. The molecule has 1 N–H and O–H groups in total. The van der Waals surface area contributed by atoms with Crippen LogP contribution in [0.3, 0.4) is 0 Å². The largest absolute Gasteiger partial charge is 0.406 e. The van der Waals surface area contributed by atoms with Crippen LogP contribution in [0.4, 0.5) is 17.3 Å². The van der Waals surface area contributed by atoms with Crippen LogP contribution in [0.25, 0.3) is 0 Å². The molecule has 2 rings (SSSR count). The Bertz CT molecular complexity index is 649. The second kappa shape index (κ2) is 5.34. The number of aryl methyl sites for hydroxylation is 1. The minimum atomic E-state index is -0.571. The molecule has 0 spiro atoms. The number of aromatic nitrogens is 2. The molecule has 0 aliphatic heterocycles. The molecule has 0 amide bonds. The Morgan fingerprint density at radius 3 is 2.40 bits per heavy atom. The Kier molecular flexibility index (Phi) is 3.60. The van der Waals surface area contributed by atoms with E-state index in [1.807, 2.05) is 0 Å². The molecule has 0 atom stereocenters. The first-order valence-corrected chi connectivity index (χ1v) is 5.62. The third kappa shape index (κ3) is 2.71. The van der Waals surface area contributed by atoms with Crippen molar-refractivity contribution in [2.24, 2.45) is 7.05 Å². The van der Waals surface area contributed by atoms with E-state index in [-0.39, 0.29) is 17.3 Å². The highest BCUT2D eigenvalue weighted by atomic mass is 16.6. The third-order valence-corrected chi connectivity index (χ3v) is 2.70. The van der Waals surface area contributed by atoms with Gasteiger partial charge < -0.3 is 15.4 Å². The number of nitro groups is 2. The van der Waals surface area contributed by atoms with Crippen LogP contribution in [-0.4, -0.2) is 19.4 Å². The lowest BCUT2D eigenvalue weighted by Gasteiger charge is -2.06. The van der Waals surface area contributed by atoms with Gasteiger partial charge in [-0.2, -0.15) is 0 Å².